The highest BCUT2D eigenvalue weighted by molar-refractivity contribution is 7.05. The average Bonchev–Trinajstić information content (AvgIpc) is 2.61. The van der Waals surface area contributed by atoms with Gasteiger partial charge in [0.2, 0.25) is 0 Å². The fraction of sp³-hybridized carbons (Fsp3) is 0.800. The van der Waals surface area contributed by atoms with E-state index in [2.05, 4.69) is 42.6 Å². The van der Waals surface area contributed by atoms with Crippen LogP contribution < -0.4 is 11.1 Å². The van der Waals surface area contributed by atoms with E-state index in [1.165, 1.54) is 16.4 Å². The lowest BCUT2D eigenvalue weighted by atomic mass is 9.91. The maximum atomic E-state index is 5.54. The maximum Gasteiger partial charge on any atom is 0.0854 e. The van der Waals surface area contributed by atoms with Gasteiger partial charge in [0.15, 0.2) is 0 Å². The van der Waals surface area contributed by atoms with E-state index in [4.69, 9.17) is 5.73 Å². The largest absolute Gasteiger partial charge is 0.329 e. The van der Waals surface area contributed by atoms with Crippen LogP contribution in [0.25, 0.3) is 0 Å². The molecule has 0 fully saturated rings. The minimum absolute atomic E-state index is 0.0654. The molecule has 0 spiro atoms. The Morgan fingerprint density at radius 1 is 1.47 bits per heavy atom. The molecule has 1 aromatic rings. The number of rotatable bonds is 4. The molecule has 1 aromatic heterocycles. The quantitative estimate of drug-likeness (QED) is 0.814. The third-order valence-corrected chi connectivity index (χ3v) is 2.95. The summed E-state index contributed by atoms with van der Waals surface area (Å²) >= 11 is 1.46. The molecule has 1 heterocycles. The first kappa shape index (κ1) is 12.5. The molecule has 0 aromatic carbocycles. The fourth-order valence-electron chi connectivity index (χ4n) is 1.24. The Balaban J connectivity index is 2.66. The first-order chi connectivity index (χ1) is 6.95. The van der Waals surface area contributed by atoms with Gasteiger partial charge in [0.1, 0.15) is 0 Å². The van der Waals surface area contributed by atoms with Gasteiger partial charge in [0.05, 0.1) is 10.6 Å². The molecule has 5 heteroatoms. The summed E-state index contributed by atoms with van der Waals surface area (Å²) in [7, 11) is 0. The van der Waals surface area contributed by atoms with Crippen molar-refractivity contribution in [3.63, 3.8) is 0 Å². The lowest BCUT2D eigenvalue weighted by Gasteiger charge is -2.17. The second-order valence-electron chi connectivity index (χ2n) is 4.81. The van der Waals surface area contributed by atoms with E-state index in [0.29, 0.717) is 12.6 Å². The van der Waals surface area contributed by atoms with Crippen molar-refractivity contribution in [2.24, 2.45) is 5.73 Å². The van der Waals surface area contributed by atoms with E-state index >= 15 is 0 Å². The van der Waals surface area contributed by atoms with E-state index in [0.717, 1.165) is 12.2 Å². The van der Waals surface area contributed by atoms with Gasteiger partial charge in [-0.25, -0.2) is 0 Å². The number of aromatic nitrogens is 2. The summed E-state index contributed by atoms with van der Waals surface area (Å²) in [5.74, 6) is 0. The summed E-state index contributed by atoms with van der Waals surface area (Å²) in [6, 6.07) is 0.333. The van der Waals surface area contributed by atoms with Gasteiger partial charge in [-0.05, 0) is 18.5 Å². The standard InChI is InChI=1S/C10H20N4S/c1-7(5-11)12-6-8-9(10(2,3)4)13-14-15-8/h7,12H,5-6,11H2,1-4H3/t7-/m0/s1. The number of nitrogens with two attached hydrogens (primary N) is 1. The van der Waals surface area contributed by atoms with Gasteiger partial charge in [-0.2, -0.15) is 0 Å². The number of hydrogen-bond acceptors (Lipinski definition) is 5. The van der Waals surface area contributed by atoms with Gasteiger partial charge in [0, 0.05) is 24.5 Å². The third kappa shape index (κ3) is 3.52. The molecule has 0 aliphatic rings. The van der Waals surface area contributed by atoms with Crippen LogP contribution in [-0.4, -0.2) is 22.2 Å². The summed E-state index contributed by atoms with van der Waals surface area (Å²) in [4.78, 5) is 1.21. The third-order valence-electron chi connectivity index (χ3n) is 2.23. The van der Waals surface area contributed by atoms with Crippen LogP contribution in [0.5, 0.6) is 0 Å². The molecule has 4 nitrogen and oxygen atoms in total. The van der Waals surface area contributed by atoms with Crippen molar-refractivity contribution in [2.75, 3.05) is 6.54 Å². The lowest BCUT2D eigenvalue weighted by molar-refractivity contribution is 0.531. The van der Waals surface area contributed by atoms with E-state index in [9.17, 15) is 0 Å². The molecule has 0 unspecified atom stereocenters. The van der Waals surface area contributed by atoms with Crippen molar-refractivity contribution < 1.29 is 0 Å². The predicted octanol–water partition coefficient (Wildman–Crippen LogP) is 1.27. The van der Waals surface area contributed by atoms with Crippen LogP contribution in [0.3, 0.4) is 0 Å². The number of nitrogens with one attached hydrogen (secondary N) is 1. The van der Waals surface area contributed by atoms with Crippen molar-refractivity contribution in [1.29, 1.82) is 0 Å². The summed E-state index contributed by atoms with van der Waals surface area (Å²) in [5.41, 5.74) is 6.70. The van der Waals surface area contributed by atoms with Gasteiger partial charge in [-0.3, -0.25) is 0 Å². The minimum atomic E-state index is 0.0654. The maximum absolute atomic E-state index is 5.54. The molecule has 1 atom stereocenters. The van der Waals surface area contributed by atoms with Gasteiger partial charge in [-0.1, -0.05) is 25.3 Å². The van der Waals surface area contributed by atoms with Crippen molar-refractivity contribution in [2.45, 2.75) is 45.7 Å². The van der Waals surface area contributed by atoms with Gasteiger partial charge < -0.3 is 11.1 Å². The summed E-state index contributed by atoms with van der Waals surface area (Å²) in [6.07, 6.45) is 0. The summed E-state index contributed by atoms with van der Waals surface area (Å²) in [5, 5.41) is 7.54. The second kappa shape index (κ2) is 5.01. The van der Waals surface area contributed by atoms with Gasteiger partial charge in [0.25, 0.3) is 0 Å². The molecule has 0 aliphatic heterocycles. The van der Waals surface area contributed by atoms with Crippen molar-refractivity contribution in [1.82, 2.24) is 14.9 Å². The lowest BCUT2D eigenvalue weighted by Crippen LogP contribution is -2.33. The van der Waals surface area contributed by atoms with E-state index in [1.54, 1.807) is 0 Å². The van der Waals surface area contributed by atoms with E-state index < -0.39 is 0 Å². The summed E-state index contributed by atoms with van der Waals surface area (Å²) < 4.78 is 4.01. The molecule has 86 valence electrons. The molecular formula is C10H20N4S. The molecule has 1 rings (SSSR count). The molecule has 0 radical (unpaired) electrons. The van der Waals surface area contributed by atoms with Gasteiger partial charge >= 0.3 is 0 Å². The Hall–Kier alpha value is -0.520. The monoisotopic (exact) mass is 228 g/mol. The van der Waals surface area contributed by atoms with Crippen molar-refractivity contribution >= 4 is 11.5 Å². The predicted molar refractivity (Wildman–Crippen MR) is 64.0 cm³/mol. The first-order valence-corrected chi connectivity index (χ1v) is 5.97. The molecule has 0 saturated carbocycles. The molecule has 3 N–H and O–H groups in total. The van der Waals surface area contributed by atoms with Gasteiger partial charge in [-0.15, -0.1) is 5.10 Å². The SMILES string of the molecule is C[C@@H](CN)NCc1snnc1C(C)(C)C. The number of hydrogen-bond donors (Lipinski definition) is 2. The van der Waals surface area contributed by atoms with E-state index in [1.807, 2.05) is 0 Å². The summed E-state index contributed by atoms with van der Waals surface area (Å²) in [6.45, 7) is 9.99. The second-order valence-corrected chi connectivity index (χ2v) is 5.65. The van der Waals surface area contributed by atoms with Crippen LogP contribution in [0.1, 0.15) is 38.3 Å². The van der Waals surface area contributed by atoms with Crippen LogP contribution >= 0.6 is 11.5 Å². The van der Waals surface area contributed by atoms with Crippen molar-refractivity contribution in [3.05, 3.63) is 10.6 Å². The zero-order valence-electron chi connectivity index (χ0n) is 9.87. The Morgan fingerprint density at radius 3 is 2.67 bits per heavy atom. The normalized spacial score (nSPS) is 14.2. The Kier molecular flexibility index (Phi) is 4.19. The Bertz CT molecular complexity index is 303. The molecule has 0 amide bonds. The highest BCUT2D eigenvalue weighted by Gasteiger charge is 2.21. The van der Waals surface area contributed by atoms with Crippen LogP contribution in [0.4, 0.5) is 0 Å². The average molecular weight is 228 g/mol. The molecule has 0 aliphatic carbocycles. The Morgan fingerprint density at radius 2 is 2.13 bits per heavy atom. The highest BCUT2D eigenvalue weighted by Crippen LogP contribution is 2.25. The first-order valence-electron chi connectivity index (χ1n) is 5.20. The topological polar surface area (TPSA) is 63.8 Å². The van der Waals surface area contributed by atoms with Crippen LogP contribution in [0, 0.1) is 0 Å². The zero-order valence-corrected chi connectivity index (χ0v) is 10.7. The van der Waals surface area contributed by atoms with E-state index in [-0.39, 0.29) is 5.41 Å². The smallest absolute Gasteiger partial charge is 0.0854 e. The Labute approximate surface area is 95.4 Å². The van der Waals surface area contributed by atoms with Crippen LogP contribution in [0.15, 0.2) is 0 Å². The zero-order chi connectivity index (χ0) is 11.5. The van der Waals surface area contributed by atoms with Crippen molar-refractivity contribution in [3.8, 4) is 0 Å². The molecule has 15 heavy (non-hydrogen) atoms. The van der Waals surface area contributed by atoms with Crippen LogP contribution in [-0.2, 0) is 12.0 Å². The molecule has 0 saturated heterocycles. The van der Waals surface area contributed by atoms with Crippen LogP contribution in [0.2, 0.25) is 0 Å². The molecular weight excluding hydrogens is 208 g/mol. The fourth-order valence-corrected chi connectivity index (χ4v) is 2.05. The molecule has 0 bridgehead atoms. The number of nitrogens with zero attached hydrogens (tertiary/aromatic N) is 2. The highest BCUT2D eigenvalue weighted by atomic mass is 32.1. The minimum Gasteiger partial charge on any atom is -0.329 e.